The van der Waals surface area contributed by atoms with Gasteiger partial charge in [-0.05, 0) is 61.6 Å². The smallest absolute Gasteiger partial charge is 0.259 e. The van der Waals surface area contributed by atoms with E-state index < -0.39 is 5.91 Å². The van der Waals surface area contributed by atoms with Crippen molar-refractivity contribution >= 4 is 50.3 Å². The van der Waals surface area contributed by atoms with Crippen molar-refractivity contribution in [1.29, 1.82) is 0 Å². The number of carbonyl (C=O) groups excluding carboxylic acids is 2. The minimum atomic E-state index is -0.432. The van der Waals surface area contributed by atoms with Crippen LogP contribution in [0.1, 0.15) is 10.4 Å². The van der Waals surface area contributed by atoms with E-state index in [1.165, 1.54) is 32.3 Å². The van der Waals surface area contributed by atoms with Gasteiger partial charge in [-0.1, -0.05) is 66.7 Å². The van der Waals surface area contributed by atoms with E-state index in [0.29, 0.717) is 17.7 Å². The van der Waals surface area contributed by atoms with Crippen molar-refractivity contribution in [3.8, 4) is 11.1 Å². The molecule has 0 spiro atoms. The predicted molar refractivity (Wildman–Crippen MR) is 127 cm³/mol. The third-order valence-corrected chi connectivity index (χ3v) is 5.80. The molecule has 150 valence electrons. The van der Waals surface area contributed by atoms with Crippen LogP contribution in [0, 0.1) is 0 Å². The molecule has 0 bridgehead atoms. The Labute approximate surface area is 179 Å². The Morgan fingerprint density at radius 2 is 1.19 bits per heavy atom. The normalized spacial score (nSPS) is 11.0. The average Bonchev–Trinajstić information content (AvgIpc) is 2.83. The fourth-order valence-electron chi connectivity index (χ4n) is 4.35. The second-order valence-corrected chi connectivity index (χ2v) is 7.45. The van der Waals surface area contributed by atoms with Gasteiger partial charge in [-0.2, -0.15) is 0 Å². The highest BCUT2D eigenvalue weighted by Crippen LogP contribution is 2.37. The van der Waals surface area contributed by atoms with Crippen molar-refractivity contribution in [1.82, 2.24) is 5.32 Å². The number of hydrogen-bond donors (Lipinski definition) is 2. The van der Waals surface area contributed by atoms with Crippen LogP contribution in [-0.2, 0) is 4.79 Å². The third kappa shape index (κ3) is 3.09. The zero-order valence-electron chi connectivity index (χ0n) is 17.0. The lowest BCUT2D eigenvalue weighted by Gasteiger charge is -2.13. The highest BCUT2D eigenvalue weighted by molar-refractivity contribution is 6.25. The lowest BCUT2D eigenvalue weighted by atomic mass is 9.91. The molecule has 4 nitrogen and oxygen atoms in total. The number of benzene rings is 5. The van der Waals surface area contributed by atoms with Crippen LogP contribution in [0.3, 0.4) is 0 Å². The van der Waals surface area contributed by atoms with E-state index in [1.54, 1.807) is 7.05 Å². The predicted octanol–water partition coefficient (Wildman–Crippen LogP) is 5.74. The zero-order valence-corrected chi connectivity index (χ0v) is 17.0. The average molecular weight is 404 g/mol. The third-order valence-electron chi connectivity index (χ3n) is 5.80. The van der Waals surface area contributed by atoms with Gasteiger partial charge in [0.1, 0.15) is 0 Å². The maximum atomic E-state index is 12.4. The number of hydrogen-bond acceptors (Lipinski definition) is 3. The van der Waals surface area contributed by atoms with E-state index in [1.807, 2.05) is 18.2 Å². The molecular formula is C27H20N2O2. The van der Waals surface area contributed by atoms with Gasteiger partial charge >= 0.3 is 0 Å². The second kappa shape index (κ2) is 7.58. The quantitative estimate of drug-likeness (QED) is 0.297. The van der Waals surface area contributed by atoms with E-state index in [0.717, 1.165) is 11.1 Å². The Morgan fingerprint density at radius 1 is 0.677 bits per heavy atom. The standard InChI is InChI=1S/C27H20N2O2/c1-28-26-13-11-18(15-25(26)27(31)29-16-30)17-10-12-23-21-8-3-2-6-19(21)20-7-4-5-9-22(20)24(23)14-17/h2-16,28H,1H3,(H,29,30,31). The van der Waals surface area contributed by atoms with Crippen molar-refractivity contribution in [2.75, 3.05) is 12.4 Å². The highest BCUT2D eigenvalue weighted by atomic mass is 16.2. The van der Waals surface area contributed by atoms with E-state index in [9.17, 15) is 9.59 Å². The largest absolute Gasteiger partial charge is 0.387 e. The summed E-state index contributed by atoms with van der Waals surface area (Å²) < 4.78 is 0. The summed E-state index contributed by atoms with van der Waals surface area (Å²) >= 11 is 0. The molecular weight excluding hydrogens is 384 g/mol. The molecule has 31 heavy (non-hydrogen) atoms. The number of amides is 2. The molecule has 0 atom stereocenters. The van der Waals surface area contributed by atoms with Gasteiger partial charge in [-0.25, -0.2) is 0 Å². The molecule has 5 rings (SSSR count). The molecule has 2 N–H and O–H groups in total. The molecule has 0 heterocycles. The molecule has 0 saturated carbocycles. The summed E-state index contributed by atoms with van der Waals surface area (Å²) in [5.74, 6) is -0.432. The fourth-order valence-corrected chi connectivity index (χ4v) is 4.35. The molecule has 5 aromatic carbocycles. The van der Waals surface area contributed by atoms with Crippen molar-refractivity contribution < 1.29 is 9.59 Å². The van der Waals surface area contributed by atoms with Gasteiger partial charge in [0.2, 0.25) is 6.41 Å². The van der Waals surface area contributed by atoms with E-state index in [-0.39, 0.29) is 0 Å². The molecule has 0 aromatic heterocycles. The molecule has 0 aliphatic carbocycles. The van der Waals surface area contributed by atoms with Gasteiger partial charge in [0.25, 0.3) is 5.91 Å². The summed E-state index contributed by atoms with van der Waals surface area (Å²) in [5.41, 5.74) is 3.01. The van der Waals surface area contributed by atoms with E-state index in [2.05, 4.69) is 77.4 Å². The minimum absolute atomic E-state index is 0.404. The minimum Gasteiger partial charge on any atom is -0.387 e. The molecule has 2 amide bonds. The Bertz CT molecular complexity index is 1450. The molecule has 4 heteroatoms. The first-order valence-electron chi connectivity index (χ1n) is 10.1. The van der Waals surface area contributed by atoms with Crippen molar-refractivity contribution in [3.05, 3.63) is 90.5 Å². The molecule has 0 unspecified atom stereocenters. The molecule has 5 aromatic rings. The summed E-state index contributed by atoms with van der Waals surface area (Å²) in [5, 5.41) is 12.5. The molecule has 0 radical (unpaired) electrons. The Hall–Kier alpha value is -4.18. The maximum Gasteiger partial charge on any atom is 0.259 e. The monoisotopic (exact) mass is 404 g/mol. The van der Waals surface area contributed by atoms with Gasteiger partial charge in [-0.3, -0.25) is 14.9 Å². The fraction of sp³-hybridized carbons (Fsp3) is 0.0370. The van der Waals surface area contributed by atoms with Gasteiger partial charge in [0.15, 0.2) is 0 Å². The van der Waals surface area contributed by atoms with E-state index >= 15 is 0 Å². The van der Waals surface area contributed by atoms with Crippen LogP contribution in [0.2, 0.25) is 0 Å². The lowest BCUT2D eigenvalue weighted by Crippen LogP contribution is -2.22. The van der Waals surface area contributed by atoms with Crippen molar-refractivity contribution in [2.24, 2.45) is 0 Å². The van der Waals surface area contributed by atoms with Crippen molar-refractivity contribution in [3.63, 3.8) is 0 Å². The Morgan fingerprint density at radius 3 is 1.77 bits per heavy atom. The van der Waals surface area contributed by atoms with Crippen LogP contribution in [-0.4, -0.2) is 19.4 Å². The molecule has 0 aliphatic rings. The van der Waals surface area contributed by atoms with Gasteiger partial charge in [0, 0.05) is 12.7 Å². The SMILES string of the molecule is CNc1ccc(-c2ccc3c4ccccc4c4ccccc4c3c2)cc1C(=O)NC=O. The van der Waals surface area contributed by atoms with E-state index in [4.69, 9.17) is 0 Å². The lowest BCUT2D eigenvalue weighted by molar-refractivity contribution is -0.108. The summed E-state index contributed by atoms with van der Waals surface area (Å²) in [6.45, 7) is 0. The van der Waals surface area contributed by atoms with Crippen LogP contribution in [0.4, 0.5) is 5.69 Å². The Kier molecular flexibility index (Phi) is 4.60. The van der Waals surface area contributed by atoms with Crippen LogP contribution in [0.15, 0.2) is 84.9 Å². The first-order valence-corrected chi connectivity index (χ1v) is 10.1. The molecule has 0 saturated heterocycles. The van der Waals surface area contributed by atoms with Gasteiger partial charge < -0.3 is 5.32 Å². The van der Waals surface area contributed by atoms with Crippen molar-refractivity contribution in [2.45, 2.75) is 0 Å². The maximum absolute atomic E-state index is 12.4. The highest BCUT2D eigenvalue weighted by Gasteiger charge is 2.13. The number of imide groups is 1. The summed E-state index contributed by atoms with van der Waals surface area (Å²) in [7, 11) is 1.75. The molecule has 0 fully saturated rings. The number of carbonyl (C=O) groups is 2. The number of nitrogens with one attached hydrogen (secondary N) is 2. The second-order valence-electron chi connectivity index (χ2n) is 7.45. The molecule has 0 aliphatic heterocycles. The summed E-state index contributed by atoms with van der Waals surface area (Å²) in [6, 6.07) is 29.0. The van der Waals surface area contributed by atoms with Crippen LogP contribution in [0.25, 0.3) is 43.4 Å². The Balaban J connectivity index is 1.77. The van der Waals surface area contributed by atoms with Crippen LogP contribution < -0.4 is 10.6 Å². The zero-order chi connectivity index (χ0) is 21.4. The number of fused-ring (bicyclic) bond motifs is 6. The van der Waals surface area contributed by atoms with Crippen LogP contribution >= 0.6 is 0 Å². The van der Waals surface area contributed by atoms with Gasteiger partial charge in [-0.15, -0.1) is 0 Å². The number of anilines is 1. The number of rotatable bonds is 4. The topological polar surface area (TPSA) is 58.2 Å². The summed E-state index contributed by atoms with van der Waals surface area (Å²) in [6.07, 6.45) is 0.404. The summed E-state index contributed by atoms with van der Waals surface area (Å²) in [4.78, 5) is 23.1. The first kappa shape index (κ1) is 18.8. The van der Waals surface area contributed by atoms with Gasteiger partial charge in [0.05, 0.1) is 5.56 Å². The first-order chi connectivity index (χ1) is 15.2. The van der Waals surface area contributed by atoms with Crippen LogP contribution in [0.5, 0.6) is 0 Å².